The van der Waals surface area contributed by atoms with Crippen LogP contribution in [-0.4, -0.2) is 16.5 Å². The lowest BCUT2D eigenvalue weighted by Gasteiger charge is -2.07. The fraction of sp³-hybridized carbons (Fsp3) is 0.182. The molecule has 0 saturated carbocycles. The van der Waals surface area contributed by atoms with Gasteiger partial charge in [-0.3, -0.25) is 4.79 Å². The van der Waals surface area contributed by atoms with Crippen LogP contribution in [0.25, 0.3) is 0 Å². The van der Waals surface area contributed by atoms with Crippen LogP contribution in [0.15, 0.2) is 22.6 Å². The number of aldehydes is 1. The molecule has 0 unspecified atom stereocenters. The monoisotopic (exact) mass is 252 g/mol. The van der Waals surface area contributed by atoms with Gasteiger partial charge < -0.3 is 9.15 Å². The molecule has 0 fully saturated rings. The Bertz CT molecular complexity index is 539. The van der Waals surface area contributed by atoms with E-state index in [0.717, 1.165) is 0 Å². The molecular weight excluding hydrogens is 244 g/mol. The highest BCUT2D eigenvalue weighted by molar-refractivity contribution is 6.32. The number of carbonyl (C=O) groups is 1. The summed E-state index contributed by atoms with van der Waals surface area (Å²) >= 11 is 5.93. The van der Waals surface area contributed by atoms with E-state index < -0.39 is 0 Å². The number of halogens is 1. The van der Waals surface area contributed by atoms with E-state index in [9.17, 15) is 4.79 Å². The third kappa shape index (κ3) is 2.62. The van der Waals surface area contributed by atoms with Crippen LogP contribution in [0.4, 0.5) is 0 Å². The van der Waals surface area contributed by atoms with Crippen molar-refractivity contribution in [3.05, 3.63) is 40.6 Å². The molecule has 0 saturated heterocycles. The minimum atomic E-state index is 0.0748. The van der Waals surface area contributed by atoms with Crippen LogP contribution in [0.1, 0.15) is 22.1 Å². The SMILES string of the molecule is Cc1nnc(COc2c(Cl)cccc2C=O)o1. The highest BCUT2D eigenvalue weighted by Gasteiger charge is 2.10. The van der Waals surface area contributed by atoms with Gasteiger partial charge in [-0.05, 0) is 12.1 Å². The Morgan fingerprint density at radius 2 is 2.29 bits per heavy atom. The summed E-state index contributed by atoms with van der Waals surface area (Å²) in [6.45, 7) is 1.76. The zero-order valence-corrected chi connectivity index (χ0v) is 9.77. The van der Waals surface area contributed by atoms with Crippen LogP contribution in [0.5, 0.6) is 5.75 Å². The first-order valence-corrected chi connectivity index (χ1v) is 5.24. The van der Waals surface area contributed by atoms with Crippen LogP contribution in [-0.2, 0) is 6.61 Å². The van der Waals surface area contributed by atoms with Crippen molar-refractivity contribution in [3.8, 4) is 5.75 Å². The van der Waals surface area contributed by atoms with Gasteiger partial charge in [-0.25, -0.2) is 0 Å². The standard InChI is InChI=1S/C11H9ClN2O3/c1-7-13-14-10(17-7)6-16-11-8(5-15)3-2-4-9(11)12/h2-5H,6H2,1H3. The largest absolute Gasteiger partial charge is 0.481 e. The van der Waals surface area contributed by atoms with Crippen molar-refractivity contribution in [2.24, 2.45) is 0 Å². The molecule has 1 aromatic heterocycles. The van der Waals surface area contributed by atoms with Crippen LogP contribution in [0, 0.1) is 6.92 Å². The van der Waals surface area contributed by atoms with Crippen LogP contribution in [0.3, 0.4) is 0 Å². The number of rotatable bonds is 4. The fourth-order valence-electron chi connectivity index (χ4n) is 1.30. The molecule has 0 aliphatic carbocycles. The lowest BCUT2D eigenvalue weighted by Crippen LogP contribution is -1.99. The van der Waals surface area contributed by atoms with E-state index in [2.05, 4.69) is 10.2 Å². The molecule has 0 bridgehead atoms. The maximum atomic E-state index is 10.8. The first-order valence-electron chi connectivity index (χ1n) is 4.86. The lowest BCUT2D eigenvalue weighted by molar-refractivity contribution is 0.111. The number of hydrogen-bond acceptors (Lipinski definition) is 5. The Hall–Kier alpha value is -1.88. The predicted octanol–water partition coefficient (Wildman–Crippen LogP) is 2.42. The molecule has 0 radical (unpaired) electrons. The van der Waals surface area contributed by atoms with Crippen LogP contribution >= 0.6 is 11.6 Å². The third-order valence-corrected chi connectivity index (χ3v) is 2.33. The molecule has 88 valence electrons. The van der Waals surface area contributed by atoms with Gasteiger partial charge in [0.15, 0.2) is 12.9 Å². The van der Waals surface area contributed by atoms with E-state index in [0.29, 0.717) is 34.4 Å². The number of carbonyl (C=O) groups excluding carboxylic acids is 1. The Balaban J connectivity index is 2.16. The number of aromatic nitrogens is 2. The zero-order valence-electron chi connectivity index (χ0n) is 9.01. The molecule has 17 heavy (non-hydrogen) atoms. The number of nitrogens with zero attached hydrogens (tertiary/aromatic N) is 2. The van der Waals surface area contributed by atoms with E-state index in [1.165, 1.54) is 0 Å². The maximum Gasteiger partial charge on any atom is 0.253 e. The minimum absolute atomic E-state index is 0.0748. The van der Waals surface area contributed by atoms with E-state index >= 15 is 0 Å². The van der Waals surface area contributed by atoms with Crippen LogP contribution < -0.4 is 4.74 Å². The Morgan fingerprint density at radius 3 is 2.94 bits per heavy atom. The second-order valence-corrected chi connectivity index (χ2v) is 3.69. The first kappa shape index (κ1) is 11.6. The molecule has 1 aromatic carbocycles. The molecule has 0 atom stereocenters. The Labute approximate surface area is 102 Å². The molecule has 1 heterocycles. The number of para-hydroxylation sites is 1. The Morgan fingerprint density at radius 1 is 1.47 bits per heavy atom. The van der Waals surface area contributed by atoms with E-state index in [-0.39, 0.29) is 6.61 Å². The van der Waals surface area contributed by atoms with Crippen molar-refractivity contribution in [2.75, 3.05) is 0 Å². The topological polar surface area (TPSA) is 65.2 Å². The number of hydrogen-bond donors (Lipinski definition) is 0. The normalized spacial score (nSPS) is 10.2. The summed E-state index contributed by atoms with van der Waals surface area (Å²) in [4.78, 5) is 10.8. The van der Waals surface area contributed by atoms with Gasteiger partial charge in [0.2, 0.25) is 5.89 Å². The zero-order chi connectivity index (χ0) is 12.3. The second kappa shape index (κ2) is 4.97. The van der Waals surface area contributed by atoms with Gasteiger partial charge in [0, 0.05) is 6.92 Å². The molecule has 0 aliphatic heterocycles. The first-order chi connectivity index (χ1) is 8.20. The summed E-state index contributed by atoms with van der Waals surface area (Å²) < 4.78 is 10.5. The van der Waals surface area contributed by atoms with Gasteiger partial charge in [-0.1, -0.05) is 17.7 Å². The van der Waals surface area contributed by atoms with Gasteiger partial charge >= 0.3 is 0 Å². The summed E-state index contributed by atoms with van der Waals surface area (Å²) in [5.41, 5.74) is 0.383. The van der Waals surface area contributed by atoms with Gasteiger partial charge in [0.05, 0.1) is 10.6 Å². The van der Waals surface area contributed by atoms with Gasteiger partial charge in [0.1, 0.15) is 5.75 Å². The lowest BCUT2D eigenvalue weighted by atomic mass is 10.2. The number of aryl methyl sites for hydroxylation is 1. The molecule has 6 heteroatoms. The molecule has 5 nitrogen and oxygen atoms in total. The maximum absolute atomic E-state index is 10.8. The third-order valence-electron chi connectivity index (χ3n) is 2.03. The summed E-state index contributed by atoms with van der Waals surface area (Å²) in [6, 6.07) is 4.94. The fourth-order valence-corrected chi connectivity index (χ4v) is 1.54. The molecule has 0 aliphatic rings. The van der Waals surface area contributed by atoms with Gasteiger partial charge in [0.25, 0.3) is 5.89 Å². The van der Waals surface area contributed by atoms with Crippen molar-refractivity contribution in [3.63, 3.8) is 0 Å². The average Bonchev–Trinajstić information content (AvgIpc) is 2.73. The van der Waals surface area contributed by atoms with Crippen molar-refractivity contribution in [2.45, 2.75) is 13.5 Å². The summed E-state index contributed by atoms with van der Waals surface area (Å²) in [5.74, 6) is 1.11. The predicted molar refractivity (Wildman–Crippen MR) is 60.2 cm³/mol. The number of benzene rings is 1. The molecule has 0 spiro atoms. The molecule has 0 N–H and O–H groups in total. The Kier molecular flexibility index (Phi) is 3.39. The summed E-state index contributed by atoms with van der Waals surface area (Å²) in [6.07, 6.45) is 0.681. The molecule has 2 aromatic rings. The van der Waals surface area contributed by atoms with Crippen molar-refractivity contribution >= 4 is 17.9 Å². The summed E-state index contributed by atoms with van der Waals surface area (Å²) in [5, 5.41) is 7.80. The second-order valence-electron chi connectivity index (χ2n) is 3.28. The molecule has 2 rings (SSSR count). The average molecular weight is 253 g/mol. The number of ether oxygens (including phenoxy) is 1. The molecule has 0 amide bonds. The van der Waals surface area contributed by atoms with E-state index in [4.69, 9.17) is 20.8 Å². The van der Waals surface area contributed by atoms with E-state index in [1.54, 1.807) is 25.1 Å². The van der Waals surface area contributed by atoms with Gasteiger partial charge in [-0.2, -0.15) is 0 Å². The van der Waals surface area contributed by atoms with Crippen molar-refractivity contribution in [1.29, 1.82) is 0 Å². The van der Waals surface area contributed by atoms with Crippen molar-refractivity contribution < 1.29 is 13.9 Å². The highest BCUT2D eigenvalue weighted by Crippen LogP contribution is 2.28. The van der Waals surface area contributed by atoms with Crippen molar-refractivity contribution in [1.82, 2.24) is 10.2 Å². The smallest absolute Gasteiger partial charge is 0.253 e. The van der Waals surface area contributed by atoms with E-state index in [1.807, 2.05) is 0 Å². The highest BCUT2D eigenvalue weighted by atomic mass is 35.5. The summed E-state index contributed by atoms with van der Waals surface area (Å²) in [7, 11) is 0. The minimum Gasteiger partial charge on any atom is -0.481 e. The molecular formula is C11H9ClN2O3. The van der Waals surface area contributed by atoms with Gasteiger partial charge in [-0.15, -0.1) is 10.2 Å². The van der Waals surface area contributed by atoms with Crippen LogP contribution in [0.2, 0.25) is 5.02 Å². The quantitative estimate of drug-likeness (QED) is 0.782.